The molecule has 0 atom stereocenters. The van der Waals surface area contributed by atoms with E-state index in [2.05, 4.69) is 47.4 Å². The summed E-state index contributed by atoms with van der Waals surface area (Å²) in [6, 6.07) is 18.8. The van der Waals surface area contributed by atoms with E-state index in [9.17, 15) is 0 Å². The Balaban J connectivity index is 1.83. The maximum atomic E-state index is 5.27. The van der Waals surface area contributed by atoms with Crippen LogP contribution in [0, 0.1) is 0 Å². The zero-order valence-corrected chi connectivity index (χ0v) is 14.0. The van der Waals surface area contributed by atoms with Gasteiger partial charge in [0.25, 0.3) is 0 Å². The van der Waals surface area contributed by atoms with Crippen molar-refractivity contribution in [2.24, 2.45) is 0 Å². The number of hydrogen-bond donors (Lipinski definition) is 0. The first-order chi connectivity index (χ1) is 11.8. The summed E-state index contributed by atoms with van der Waals surface area (Å²) in [5, 5.41) is 1.25. The first-order valence-corrected chi connectivity index (χ1v) is 8.64. The number of pyridine rings is 1. The molecule has 0 amide bonds. The highest BCUT2D eigenvalue weighted by atomic mass is 16.5. The third kappa shape index (κ3) is 2.82. The van der Waals surface area contributed by atoms with Crippen molar-refractivity contribution in [3.05, 3.63) is 54.6 Å². The van der Waals surface area contributed by atoms with Crippen LogP contribution in [0.2, 0.25) is 0 Å². The third-order valence-electron chi connectivity index (χ3n) is 4.78. The molecule has 1 saturated heterocycles. The van der Waals surface area contributed by atoms with Gasteiger partial charge in [-0.1, -0.05) is 18.2 Å². The lowest BCUT2D eigenvalue weighted by molar-refractivity contribution is 0.415. The largest absolute Gasteiger partial charge is 0.497 e. The van der Waals surface area contributed by atoms with Crippen molar-refractivity contribution >= 4 is 16.6 Å². The van der Waals surface area contributed by atoms with Crippen molar-refractivity contribution in [2.75, 3.05) is 25.1 Å². The lowest BCUT2D eigenvalue weighted by atomic mass is 10.0. The van der Waals surface area contributed by atoms with Crippen LogP contribution in [-0.2, 0) is 0 Å². The molecule has 122 valence electrons. The number of para-hydroxylation sites is 1. The first kappa shape index (κ1) is 15.0. The molecule has 0 aliphatic carbocycles. The van der Waals surface area contributed by atoms with E-state index in [-0.39, 0.29) is 0 Å². The minimum atomic E-state index is 0.871. The van der Waals surface area contributed by atoms with E-state index < -0.39 is 0 Å². The molecule has 3 heteroatoms. The molecular weight excluding hydrogens is 296 g/mol. The van der Waals surface area contributed by atoms with Crippen LogP contribution in [0.5, 0.6) is 5.75 Å². The molecule has 0 saturated carbocycles. The van der Waals surface area contributed by atoms with Crippen molar-refractivity contribution in [2.45, 2.75) is 19.3 Å². The van der Waals surface area contributed by atoms with E-state index >= 15 is 0 Å². The molecule has 24 heavy (non-hydrogen) atoms. The summed E-state index contributed by atoms with van der Waals surface area (Å²) in [4.78, 5) is 7.40. The summed E-state index contributed by atoms with van der Waals surface area (Å²) in [5.74, 6) is 0.871. The van der Waals surface area contributed by atoms with E-state index in [1.54, 1.807) is 7.11 Å². The Bertz CT molecular complexity index is 836. The van der Waals surface area contributed by atoms with Crippen LogP contribution in [0.15, 0.2) is 54.6 Å². The zero-order valence-electron chi connectivity index (χ0n) is 14.0. The SMILES string of the molecule is COc1ccc(-c2cc(N3CCCCC3)c3ccccc3n2)cc1. The van der Waals surface area contributed by atoms with Crippen LogP contribution >= 0.6 is 0 Å². The van der Waals surface area contributed by atoms with E-state index in [4.69, 9.17) is 9.72 Å². The number of ether oxygens (including phenoxy) is 1. The fourth-order valence-corrected chi connectivity index (χ4v) is 3.46. The van der Waals surface area contributed by atoms with Crippen LogP contribution in [0.1, 0.15) is 19.3 Å². The lowest BCUT2D eigenvalue weighted by Crippen LogP contribution is -2.29. The Morgan fingerprint density at radius 2 is 1.67 bits per heavy atom. The number of fused-ring (bicyclic) bond motifs is 1. The minimum absolute atomic E-state index is 0.871. The first-order valence-electron chi connectivity index (χ1n) is 8.64. The summed E-state index contributed by atoms with van der Waals surface area (Å²) in [5.41, 5.74) is 4.52. The Labute approximate surface area is 142 Å². The number of aromatic nitrogens is 1. The predicted octanol–water partition coefficient (Wildman–Crippen LogP) is 4.90. The Kier molecular flexibility index (Phi) is 4.08. The summed E-state index contributed by atoms with van der Waals surface area (Å²) < 4.78 is 5.27. The lowest BCUT2D eigenvalue weighted by Gasteiger charge is -2.30. The standard InChI is InChI=1S/C21H22N2O/c1-24-17-11-9-16(10-12-17)20-15-21(23-13-5-2-6-14-23)18-7-3-4-8-19(18)22-20/h3-4,7-12,15H,2,5-6,13-14H2,1H3. The number of methoxy groups -OCH3 is 1. The van der Waals surface area contributed by atoms with Gasteiger partial charge in [0.1, 0.15) is 5.75 Å². The van der Waals surface area contributed by atoms with E-state index in [1.165, 1.54) is 30.3 Å². The Hall–Kier alpha value is -2.55. The molecule has 0 radical (unpaired) electrons. The van der Waals surface area contributed by atoms with Crippen molar-refractivity contribution in [1.29, 1.82) is 0 Å². The second-order valence-electron chi connectivity index (χ2n) is 6.32. The molecular formula is C21H22N2O. The second kappa shape index (κ2) is 6.52. The number of anilines is 1. The average Bonchev–Trinajstić information content (AvgIpc) is 2.68. The van der Waals surface area contributed by atoms with Gasteiger partial charge in [0.05, 0.1) is 18.3 Å². The van der Waals surface area contributed by atoms with Crippen LogP contribution in [0.25, 0.3) is 22.2 Å². The fraction of sp³-hybridized carbons (Fsp3) is 0.286. The van der Waals surface area contributed by atoms with Gasteiger partial charge >= 0.3 is 0 Å². The third-order valence-corrected chi connectivity index (χ3v) is 4.78. The molecule has 0 unspecified atom stereocenters. The maximum absolute atomic E-state index is 5.27. The number of piperidine rings is 1. The summed E-state index contributed by atoms with van der Waals surface area (Å²) in [6.07, 6.45) is 3.88. The van der Waals surface area contributed by atoms with Gasteiger partial charge < -0.3 is 9.64 Å². The van der Waals surface area contributed by atoms with Gasteiger partial charge in [-0.3, -0.25) is 0 Å². The van der Waals surface area contributed by atoms with Crippen molar-refractivity contribution in [3.63, 3.8) is 0 Å². The summed E-state index contributed by atoms with van der Waals surface area (Å²) >= 11 is 0. The number of benzene rings is 2. The molecule has 0 N–H and O–H groups in total. The van der Waals surface area contributed by atoms with Crippen LogP contribution in [0.4, 0.5) is 5.69 Å². The molecule has 1 fully saturated rings. The van der Waals surface area contributed by atoms with E-state index in [1.807, 2.05) is 12.1 Å². The van der Waals surface area contributed by atoms with E-state index in [0.717, 1.165) is 35.6 Å². The van der Waals surface area contributed by atoms with Gasteiger partial charge in [-0.25, -0.2) is 4.98 Å². The molecule has 1 aliphatic rings. The summed E-state index contributed by atoms with van der Waals surface area (Å²) in [7, 11) is 1.69. The topological polar surface area (TPSA) is 25.4 Å². The van der Waals surface area contributed by atoms with Crippen LogP contribution in [0.3, 0.4) is 0 Å². The van der Waals surface area contributed by atoms with E-state index in [0.29, 0.717) is 0 Å². The highest BCUT2D eigenvalue weighted by molar-refractivity contribution is 5.94. The number of hydrogen-bond acceptors (Lipinski definition) is 3. The Morgan fingerprint density at radius 1 is 0.917 bits per heavy atom. The molecule has 2 aromatic carbocycles. The quantitative estimate of drug-likeness (QED) is 0.687. The monoisotopic (exact) mass is 318 g/mol. The van der Waals surface area contributed by atoms with Crippen LogP contribution in [-0.4, -0.2) is 25.2 Å². The van der Waals surface area contributed by atoms with Crippen molar-refractivity contribution in [3.8, 4) is 17.0 Å². The average molecular weight is 318 g/mol. The fourth-order valence-electron chi connectivity index (χ4n) is 3.46. The smallest absolute Gasteiger partial charge is 0.118 e. The minimum Gasteiger partial charge on any atom is -0.497 e. The molecule has 0 bridgehead atoms. The van der Waals surface area contributed by atoms with Crippen LogP contribution < -0.4 is 9.64 Å². The number of nitrogens with zero attached hydrogens (tertiary/aromatic N) is 2. The van der Waals surface area contributed by atoms with Gasteiger partial charge in [-0.15, -0.1) is 0 Å². The van der Waals surface area contributed by atoms with Crippen molar-refractivity contribution in [1.82, 2.24) is 4.98 Å². The Morgan fingerprint density at radius 3 is 2.42 bits per heavy atom. The summed E-state index contributed by atoms with van der Waals surface area (Å²) in [6.45, 7) is 2.27. The molecule has 3 aromatic rings. The molecule has 3 nitrogen and oxygen atoms in total. The molecule has 1 aromatic heterocycles. The molecule has 1 aliphatic heterocycles. The predicted molar refractivity (Wildman–Crippen MR) is 99.8 cm³/mol. The van der Waals surface area contributed by atoms with Gasteiger partial charge in [-0.05, 0) is 55.7 Å². The molecule has 4 rings (SSSR count). The highest BCUT2D eigenvalue weighted by Crippen LogP contribution is 2.32. The molecule has 0 spiro atoms. The molecule has 2 heterocycles. The number of rotatable bonds is 3. The normalized spacial score (nSPS) is 14.8. The van der Waals surface area contributed by atoms with Gasteiger partial charge in [0, 0.05) is 29.7 Å². The zero-order chi connectivity index (χ0) is 16.4. The maximum Gasteiger partial charge on any atom is 0.118 e. The van der Waals surface area contributed by atoms with Crippen molar-refractivity contribution < 1.29 is 4.74 Å². The van der Waals surface area contributed by atoms with Gasteiger partial charge in [-0.2, -0.15) is 0 Å². The highest BCUT2D eigenvalue weighted by Gasteiger charge is 2.16. The van der Waals surface area contributed by atoms with Gasteiger partial charge in [0.2, 0.25) is 0 Å². The second-order valence-corrected chi connectivity index (χ2v) is 6.32. The van der Waals surface area contributed by atoms with Gasteiger partial charge in [0.15, 0.2) is 0 Å².